The third kappa shape index (κ3) is 3.06. The molecule has 2 aromatic heterocycles. The van der Waals surface area contributed by atoms with Crippen LogP contribution in [0.2, 0.25) is 0 Å². The molecule has 0 atom stereocenters. The smallest absolute Gasteiger partial charge is 0.268 e. The van der Waals surface area contributed by atoms with Gasteiger partial charge >= 0.3 is 0 Å². The Labute approximate surface area is 127 Å². The maximum Gasteiger partial charge on any atom is 0.268 e. The Morgan fingerprint density at radius 2 is 2.29 bits per heavy atom. The third-order valence-corrected chi connectivity index (χ3v) is 3.38. The number of hydrogen-bond acceptors (Lipinski definition) is 4. The molecule has 0 unspecified atom stereocenters. The molecule has 108 valence electrons. The minimum Gasteiger partial charge on any atom is -0.496 e. The van der Waals surface area contributed by atoms with Gasteiger partial charge in [0.1, 0.15) is 17.4 Å². The van der Waals surface area contributed by atoms with Crippen LogP contribution in [0.3, 0.4) is 0 Å². The van der Waals surface area contributed by atoms with Crippen molar-refractivity contribution in [2.75, 3.05) is 7.11 Å². The first-order chi connectivity index (χ1) is 10.1. The van der Waals surface area contributed by atoms with Crippen LogP contribution in [0, 0.1) is 18.3 Å². The summed E-state index contributed by atoms with van der Waals surface area (Å²) >= 11 is 5.97. The summed E-state index contributed by atoms with van der Waals surface area (Å²) in [6, 6.07) is 6.83. The number of ether oxygens (including phenoxy) is 1. The van der Waals surface area contributed by atoms with E-state index in [0.717, 1.165) is 11.3 Å². The number of alkyl halides is 1. The highest BCUT2D eigenvalue weighted by molar-refractivity contribution is 6.17. The highest BCUT2D eigenvalue weighted by Crippen LogP contribution is 2.24. The van der Waals surface area contributed by atoms with Crippen LogP contribution in [-0.2, 0) is 12.4 Å². The fourth-order valence-corrected chi connectivity index (χ4v) is 2.38. The first-order valence-electron chi connectivity index (χ1n) is 6.29. The van der Waals surface area contributed by atoms with E-state index in [2.05, 4.69) is 4.98 Å². The average Bonchev–Trinajstić information content (AvgIpc) is 2.48. The largest absolute Gasteiger partial charge is 0.496 e. The molecule has 0 saturated heterocycles. The standard InChI is InChI=1S/C15H14ClN3O2/c1-10-6-14(21-2)12(7-16)13(18-10)9-19-5-3-4-11(8-17)15(19)20/h3-6H,7,9H2,1-2H3. The van der Waals surface area contributed by atoms with Gasteiger partial charge in [-0.25, -0.2) is 0 Å². The van der Waals surface area contributed by atoms with E-state index < -0.39 is 0 Å². The summed E-state index contributed by atoms with van der Waals surface area (Å²) < 4.78 is 6.75. The zero-order valence-corrected chi connectivity index (χ0v) is 12.5. The molecule has 0 amide bonds. The summed E-state index contributed by atoms with van der Waals surface area (Å²) in [5.41, 5.74) is 1.95. The van der Waals surface area contributed by atoms with Crippen molar-refractivity contribution in [3.8, 4) is 11.8 Å². The van der Waals surface area contributed by atoms with Crippen molar-refractivity contribution >= 4 is 11.6 Å². The number of aromatic nitrogens is 2. The molecular formula is C15H14ClN3O2. The number of aryl methyl sites for hydroxylation is 1. The predicted molar refractivity (Wildman–Crippen MR) is 79.6 cm³/mol. The summed E-state index contributed by atoms with van der Waals surface area (Å²) in [5.74, 6) is 0.885. The topological polar surface area (TPSA) is 67.9 Å². The highest BCUT2D eigenvalue weighted by Gasteiger charge is 2.13. The normalized spacial score (nSPS) is 10.2. The molecule has 0 aliphatic heterocycles. The number of nitriles is 1. The Kier molecular flexibility index (Phi) is 4.61. The molecule has 0 fully saturated rings. The maximum absolute atomic E-state index is 12.1. The summed E-state index contributed by atoms with van der Waals surface area (Å²) in [7, 11) is 1.57. The van der Waals surface area contributed by atoms with E-state index in [1.807, 2.05) is 13.0 Å². The van der Waals surface area contributed by atoms with Crippen LogP contribution in [0.1, 0.15) is 22.5 Å². The van der Waals surface area contributed by atoms with Gasteiger partial charge in [-0.1, -0.05) is 0 Å². The fourth-order valence-electron chi connectivity index (χ4n) is 2.10. The molecule has 2 heterocycles. The third-order valence-electron chi connectivity index (χ3n) is 3.11. The van der Waals surface area contributed by atoms with E-state index in [1.165, 1.54) is 10.6 Å². The number of methoxy groups -OCH3 is 1. The number of hydrogen-bond donors (Lipinski definition) is 0. The molecule has 0 aliphatic rings. The fraction of sp³-hybridized carbons (Fsp3) is 0.267. The Balaban J connectivity index is 2.52. The van der Waals surface area contributed by atoms with Gasteiger partial charge in [-0.05, 0) is 19.1 Å². The number of nitrogens with zero attached hydrogens (tertiary/aromatic N) is 3. The van der Waals surface area contributed by atoms with Crippen molar-refractivity contribution in [1.29, 1.82) is 5.26 Å². The molecule has 2 rings (SSSR count). The lowest BCUT2D eigenvalue weighted by Gasteiger charge is -2.13. The van der Waals surface area contributed by atoms with Gasteiger partial charge in [-0.15, -0.1) is 11.6 Å². The van der Waals surface area contributed by atoms with E-state index in [-0.39, 0.29) is 23.5 Å². The summed E-state index contributed by atoms with van der Waals surface area (Å²) in [6.45, 7) is 2.09. The first-order valence-corrected chi connectivity index (χ1v) is 6.83. The van der Waals surface area contributed by atoms with Crippen LogP contribution in [-0.4, -0.2) is 16.7 Å². The monoisotopic (exact) mass is 303 g/mol. The van der Waals surface area contributed by atoms with Crippen molar-refractivity contribution in [1.82, 2.24) is 9.55 Å². The first kappa shape index (κ1) is 15.1. The molecule has 5 nitrogen and oxygen atoms in total. The van der Waals surface area contributed by atoms with Crippen LogP contribution in [0.25, 0.3) is 0 Å². The Bertz CT molecular complexity index is 762. The molecular weight excluding hydrogens is 290 g/mol. The van der Waals surface area contributed by atoms with Crippen LogP contribution >= 0.6 is 11.6 Å². The molecule has 21 heavy (non-hydrogen) atoms. The van der Waals surface area contributed by atoms with E-state index in [4.69, 9.17) is 21.6 Å². The van der Waals surface area contributed by atoms with E-state index in [9.17, 15) is 4.79 Å². The predicted octanol–water partition coefficient (Wildman–Crippen LogP) is 2.22. The van der Waals surface area contributed by atoms with Crippen molar-refractivity contribution in [2.45, 2.75) is 19.3 Å². The molecule has 0 aliphatic carbocycles. The summed E-state index contributed by atoms with van der Waals surface area (Å²) in [6.07, 6.45) is 1.62. The molecule has 6 heteroatoms. The second-order valence-corrected chi connectivity index (χ2v) is 4.76. The summed E-state index contributed by atoms with van der Waals surface area (Å²) in [5, 5.41) is 8.92. The second kappa shape index (κ2) is 6.42. The quantitative estimate of drug-likeness (QED) is 0.812. The van der Waals surface area contributed by atoms with Gasteiger partial charge < -0.3 is 9.30 Å². The second-order valence-electron chi connectivity index (χ2n) is 4.49. The molecule has 0 bridgehead atoms. The van der Waals surface area contributed by atoms with E-state index >= 15 is 0 Å². The van der Waals surface area contributed by atoms with Gasteiger partial charge in [-0.2, -0.15) is 5.26 Å². The van der Waals surface area contributed by atoms with Crippen LogP contribution < -0.4 is 10.3 Å². The Morgan fingerprint density at radius 1 is 1.52 bits per heavy atom. The highest BCUT2D eigenvalue weighted by atomic mass is 35.5. The van der Waals surface area contributed by atoms with Crippen molar-refractivity contribution < 1.29 is 4.74 Å². The van der Waals surface area contributed by atoms with E-state index in [0.29, 0.717) is 11.4 Å². The average molecular weight is 304 g/mol. The Hall–Kier alpha value is -2.32. The lowest BCUT2D eigenvalue weighted by Crippen LogP contribution is -2.23. The molecule has 0 radical (unpaired) electrons. The van der Waals surface area contributed by atoms with E-state index in [1.54, 1.807) is 25.4 Å². The van der Waals surface area contributed by atoms with Crippen LogP contribution in [0.15, 0.2) is 29.2 Å². The van der Waals surface area contributed by atoms with Crippen molar-refractivity contribution in [2.24, 2.45) is 0 Å². The van der Waals surface area contributed by atoms with Gasteiger partial charge in [0.25, 0.3) is 5.56 Å². The van der Waals surface area contributed by atoms with Gasteiger partial charge in [0.2, 0.25) is 0 Å². The van der Waals surface area contributed by atoms with Gasteiger partial charge in [0.05, 0.1) is 25.2 Å². The van der Waals surface area contributed by atoms with Crippen molar-refractivity contribution in [3.05, 3.63) is 57.3 Å². The van der Waals surface area contributed by atoms with Crippen LogP contribution in [0.5, 0.6) is 5.75 Å². The van der Waals surface area contributed by atoms with Crippen LogP contribution in [0.4, 0.5) is 0 Å². The lowest BCUT2D eigenvalue weighted by atomic mass is 10.1. The number of rotatable bonds is 4. The minimum absolute atomic E-state index is 0.101. The van der Waals surface area contributed by atoms with Gasteiger partial charge in [0, 0.05) is 23.5 Å². The van der Waals surface area contributed by atoms with Gasteiger partial charge in [-0.3, -0.25) is 9.78 Å². The lowest BCUT2D eigenvalue weighted by molar-refractivity contribution is 0.409. The Morgan fingerprint density at radius 3 is 2.90 bits per heavy atom. The number of halogens is 1. The molecule has 2 aromatic rings. The zero-order chi connectivity index (χ0) is 15.4. The maximum atomic E-state index is 12.1. The van der Waals surface area contributed by atoms with Crippen molar-refractivity contribution in [3.63, 3.8) is 0 Å². The van der Waals surface area contributed by atoms with Gasteiger partial charge in [0.15, 0.2) is 0 Å². The molecule has 0 saturated carbocycles. The number of pyridine rings is 2. The summed E-state index contributed by atoms with van der Waals surface area (Å²) in [4.78, 5) is 16.5. The molecule has 0 spiro atoms. The zero-order valence-electron chi connectivity index (χ0n) is 11.8. The minimum atomic E-state index is -0.345. The SMILES string of the molecule is COc1cc(C)nc(Cn2cccc(C#N)c2=O)c1CCl. The molecule has 0 aromatic carbocycles. The molecule has 0 N–H and O–H groups in total.